The molecule has 0 heterocycles. The van der Waals surface area contributed by atoms with Crippen molar-refractivity contribution in [3.63, 3.8) is 0 Å². The predicted molar refractivity (Wildman–Crippen MR) is 66.5 cm³/mol. The lowest BCUT2D eigenvalue weighted by molar-refractivity contribution is -0.138. The maximum Gasteiger partial charge on any atom is 0.320 e. The van der Waals surface area contributed by atoms with E-state index in [1.165, 1.54) is 0 Å². The highest BCUT2D eigenvalue weighted by molar-refractivity contribution is 5.75. The highest BCUT2D eigenvalue weighted by atomic mass is 16.4. The van der Waals surface area contributed by atoms with Gasteiger partial charge in [0.05, 0.1) is 0 Å². The van der Waals surface area contributed by atoms with Crippen molar-refractivity contribution in [2.45, 2.75) is 44.6 Å². The van der Waals surface area contributed by atoms with E-state index in [0.717, 1.165) is 19.3 Å². The molecule has 4 N–H and O–H groups in total. The smallest absolute Gasteiger partial charge is 0.320 e. The number of aliphatic carboxylic acids is 1. The van der Waals surface area contributed by atoms with Gasteiger partial charge in [-0.1, -0.05) is 6.08 Å². The summed E-state index contributed by atoms with van der Waals surface area (Å²) in [4.78, 5) is 21.7. The number of nitrogens with two attached hydrogens (primary N) is 1. The summed E-state index contributed by atoms with van der Waals surface area (Å²) < 4.78 is 0. The summed E-state index contributed by atoms with van der Waals surface area (Å²) in [5.41, 5.74) is 5.34. The van der Waals surface area contributed by atoms with Crippen LogP contribution < -0.4 is 11.1 Å². The second-order valence-corrected chi connectivity index (χ2v) is 3.97. The molecule has 0 aliphatic rings. The van der Waals surface area contributed by atoms with E-state index in [1.807, 2.05) is 0 Å². The molecule has 1 atom stereocenters. The molecule has 0 fully saturated rings. The molecule has 0 saturated heterocycles. The van der Waals surface area contributed by atoms with Gasteiger partial charge in [-0.2, -0.15) is 0 Å². The minimum absolute atomic E-state index is 0.0365. The van der Waals surface area contributed by atoms with Gasteiger partial charge in [0.1, 0.15) is 6.04 Å². The first-order valence-corrected chi connectivity index (χ1v) is 5.94. The molecule has 0 aliphatic carbocycles. The number of allylic oxidation sites excluding steroid dienone is 1. The van der Waals surface area contributed by atoms with Crippen LogP contribution in [0.15, 0.2) is 12.7 Å². The Morgan fingerprint density at radius 2 is 2.06 bits per heavy atom. The summed E-state index contributed by atoms with van der Waals surface area (Å²) in [5, 5.41) is 11.3. The van der Waals surface area contributed by atoms with Crippen LogP contribution in [0.3, 0.4) is 0 Å². The first-order chi connectivity index (χ1) is 8.07. The van der Waals surface area contributed by atoms with Crippen molar-refractivity contribution in [3.8, 4) is 0 Å². The Kier molecular flexibility index (Phi) is 9.05. The molecule has 0 spiro atoms. The van der Waals surface area contributed by atoms with Crippen LogP contribution in [0.25, 0.3) is 0 Å². The topological polar surface area (TPSA) is 92.4 Å². The summed E-state index contributed by atoms with van der Waals surface area (Å²) >= 11 is 0. The van der Waals surface area contributed by atoms with Crippen LogP contribution in [0, 0.1) is 0 Å². The number of unbranched alkanes of at least 4 members (excludes halogenated alkanes) is 2. The zero-order valence-corrected chi connectivity index (χ0v) is 10.2. The Bertz CT molecular complexity index is 254. The SMILES string of the molecule is C=CCCCC(=O)NCCCC[C@H](N)C(=O)O. The fraction of sp³-hybridized carbons (Fsp3) is 0.667. The number of rotatable bonds is 10. The van der Waals surface area contributed by atoms with E-state index in [2.05, 4.69) is 11.9 Å². The van der Waals surface area contributed by atoms with Crippen molar-refractivity contribution < 1.29 is 14.7 Å². The molecule has 0 bridgehead atoms. The van der Waals surface area contributed by atoms with Gasteiger partial charge in [-0.05, 0) is 32.1 Å². The van der Waals surface area contributed by atoms with Gasteiger partial charge in [0, 0.05) is 13.0 Å². The number of amides is 1. The molecule has 0 radical (unpaired) electrons. The van der Waals surface area contributed by atoms with Crippen LogP contribution >= 0.6 is 0 Å². The van der Waals surface area contributed by atoms with E-state index < -0.39 is 12.0 Å². The van der Waals surface area contributed by atoms with Crippen LogP contribution in [0.5, 0.6) is 0 Å². The normalized spacial score (nSPS) is 11.8. The third kappa shape index (κ3) is 9.56. The minimum Gasteiger partial charge on any atom is -0.480 e. The van der Waals surface area contributed by atoms with Crippen LogP contribution in [0.2, 0.25) is 0 Å². The molecular weight excluding hydrogens is 220 g/mol. The standard InChI is InChI=1S/C12H22N2O3/c1-2-3-4-8-11(15)14-9-6-5-7-10(13)12(16)17/h2,10H,1,3-9,13H2,(H,14,15)(H,16,17)/t10-/m0/s1. The van der Waals surface area contributed by atoms with Crippen molar-refractivity contribution in [1.29, 1.82) is 0 Å². The lowest BCUT2D eigenvalue weighted by Crippen LogP contribution is -2.30. The summed E-state index contributed by atoms with van der Waals surface area (Å²) in [6.45, 7) is 4.17. The number of nitrogens with one attached hydrogen (secondary N) is 1. The van der Waals surface area contributed by atoms with Crippen LogP contribution in [-0.2, 0) is 9.59 Å². The molecule has 0 aromatic carbocycles. The Morgan fingerprint density at radius 3 is 2.65 bits per heavy atom. The number of carbonyl (C=O) groups is 2. The molecule has 0 aromatic heterocycles. The van der Waals surface area contributed by atoms with Gasteiger partial charge in [0.15, 0.2) is 0 Å². The summed E-state index contributed by atoms with van der Waals surface area (Å²) in [7, 11) is 0. The summed E-state index contributed by atoms with van der Waals surface area (Å²) in [5.74, 6) is -0.937. The second-order valence-electron chi connectivity index (χ2n) is 3.97. The summed E-state index contributed by atoms with van der Waals surface area (Å²) in [6.07, 6.45) is 5.89. The van der Waals surface area contributed by atoms with Crippen molar-refractivity contribution in [1.82, 2.24) is 5.32 Å². The first-order valence-electron chi connectivity index (χ1n) is 5.94. The van der Waals surface area contributed by atoms with Crippen LogP contribution in [0.4, 0.5) is 0 Å². The van der Waals surface area contributed by atoms with E-state index >= 15 is 0 Å². The van der Waals surface area contributed by atoms with E-state index in [-0.39, 0.29) is 5.91 Å². The molecule has 0 unspecified atom stereocenters. The molecule has 17 heavy (non-hydrogen) atoms. The van der Waals surface area contributed by atoms with Crippen molar-refractivity contribution in [3.05, 3.63) is 12.7 Å². The summed E-state index contributed by atoms with van der Waals surface area (Å²) in [6, 6.07) is -0.793. The molecule has 0 rings (SSSR count). The maximum absolute atomic E-state index is 11.3. The number of carboxylic acids is 1. The molecule has 0 aromatic rings. The molecule has 5 heteroatoms. The Morgan fingerprint density at radius 1 is 1.35 bits per heavy atom. The quantitative estimate of drug-likeness (QED) is 0.394. The molecule has 5 nitrogen and oxygen atoms in total. The van der Waals surface area contributed by atoms with Gasteiger partial charge in [-0.15, -0.1) is 6.58 Å². The van der Waals surface area contributed by atoms with E-state index in [1.54, 1.807) is 6.08 Å². The monoisotopic (exact) mass is 242 g/mol. The minimum atomic E-state index is -0.974. The Labute approximate surface area is 102 Å². The molecule has 98 valence electrons. The largest absolute Gasteiger partial charge is 0.480 e. The lowest BCUT2D eigenvalue weighted by atomic mass is 10.1. The highest BCUT2D eigenvalue weighted by Gasteiger charge is 2.09. The average molecular weight is 242 g/mol. The molecular formula is C12H22N2O3. The predicted octanol–water partition coefficient (Wildman–Crippen LogP) is 1.04. The van der Waals surface area contributed by atoms with Crippen LogP contribution in [0.1, 0.15) is 38.5 Å². The highest BCUT2D eigenvalue weighted by Crippen LogP contribution is 1.99. The molecule has 0 aliphatic heterocycles. The van der Waals surface area contributed by atoms with Gasteiger partial charge in [0.2, 0.25) is 5.91 Å². The van der Waals surface area contributed by atoms with E-state index in [9.17, 15) is 9.59 Å². The first kappa shape index (κ1) is 15.6. The van der Waals surface area contributed by atoms with Crippen molar-refractivity contribution in [2.24, 2.45) is 5.73 Å². The fourth-order valence-corrected chi connectivity index (χ4v) is 1.34. The van der Waals surface area contributed by atoms with Crippen LogP contribution in [-0.4, -0.2) is 29.6 Å². The molecule has 0 saturated carbocycles. The van der Waals surface area contributed by atoms with Gasteiger partial charge in [-0.25, -0.2) is 0 Å². The maximum atomic E-state index is 11.3. The van der Waals surface area contributed by atoms with Gasteiger partial charge in [-0.3, -0.25) is 9.59 Å². The zero-order chi connectivity index (χ0) is 13.1. The van der Waals surface area contributed by atoms with Gasteiger partial charge in [0.25, 0.3) is 0 Å². The Balaban J connectivity index is 3.36. The number of hydrogen-bond donors (Lipinski definition) is 3. The van der Waals surface area contributed by atoms with E-state index in [4.69, 9.17) is 10.8 Å². The van der Waals surface area contributed by atoms with Crippen molar-refractivity contribution >= 4 is 11.9 Å². The third-order valence-corrected chi connectivity index (χ3v) is 2.39. The number of hydrogen-bond acceptors (Lipinski definition) is 3. The lowest BCUT2D eigenvalue weighted by Gasteiger charge is -2.07. The fourth-order valence-electron chi connectivity index (χ4n) is 1.34. The van der Waals surface area contributed by atoms with E-state index in [0.29, 0.717) is 25.8 Å². The Hall–Kier alpha value is -1.36. The van der Waals surface area contributed by atoms with Gasteiger partial charge < -0.3 is 16.2 Å². The van der Waals surface area contributed by atoms with Crippen molar-refractivity contribution in [2.75, 3.05) is 6.54 Å². The average Bonchev–Trinajstić information content (AvgIpc) is 2.28. The number of carboxylic acid groups (broad SMARTS) is 1. The third-order valence-electron chi connectivity index (χ3n) is 2.39. The molecule has 1 amide bonds. The van der Waals surface area contributed by atoms with Gasteiger partial charge >= 0.3 is 5.97 Å². The second kappa shape index (κ2) is 9.84. The number of carbonyl (C=O) groups excluding carboxylic acids is 1. The zero-order valence-electron chi connectivity index (χ0n) is 10.2.